The molecule has 10 nitrogen and oxygen atoms in total. The predicted octanol–water partition coefficient (Wildman–Crippen LogP) is 3.36. The second kappa shape index (κ2) is 12.8. The number of aryl methyl sites for hydroxylation is 1. The molecule has 1 atom stereocenters. The number of carboxylic acid groups (broad SMARTS) is 1. The zero-order valence-electron chi connectivity index (χ0n) is 21.5. The summed E-state index contributed by atoms with van der Waals surface area (Å²) < 4.78 is 5.44. The van der Waals surface area contributed by atoms with Crippen LogP contribution < -0.4 is 15.4 Å². The van der Waals surface area contributed by atoms with Crippen LogP contribution in [0.4, 0.5) is 16.2 Å². The highest BCUT2D eigenvalue weighted by Crippen LogP contribution is 2.27. The smallest absolute Gasteiger partial charge is 0.323 e. The predicted molar refractivity (Wildman–Crippen MR) is 140 cm³/mol. The van der Waals surface area contributed by atoms with Gasteiger partial charge in [0.1, 0.15) is 5.75 Å². The Hall–Kier alpha value is -4.08. The summed E-state index contributed by atoms with van der Waals surface area (Å²) in [5.74, 6) is -1.44. The molecule has 1 aliphatic rings. The highest BCUT2D eigenvalue weighted by atomic mass is 16.5. The number of rotatable bonds is 8. The second-order valence-electron chi connectivity index (χ2n) is 9.16. The molecule has 1 heterocycles. The number of benzene rings is 2. The number of hydrogen-bond donors (Lipinski definition) is 3. The van der Waals surface area contributed by atoms with Gasteiger partial charge in [-0.25, -0.2) is 4.79 Å². The van der Waals surface area contributed by atoms with Crippen LogP contribution in [0.1, 0.15) is 30.9 Å². The van der Waals surface area contributed by atoms with Gasteiger partial charge in [0.05, 0.1) is 25.6 Å². The molecule has 1 aliphatic heterocycles. The minimum absolute atomic E-state index is 0.0760. The number of carboxylic acids is 1. The molecule has 10 heteroatoms. The molecule has 3 N–H and O–H groups in total. The van der Waals surface area contributed by atoms with Crippen LogP contribution >= 0.6 is 0 Å². The van der Waals surface area contributed by atoms with Crippen molar-refractivity contribution < 1.29 is 29.0 Å². The number of nitrogens with one attached hydrogen (secondary N) is 2. The summed E-state index contributed by atoms with van der Waals surface area (Å²) in [4.78, 5) is 52.3. The molecule has 0 bridgehead atoms. The highest BCUT2D eigenvalue weighted by Gasteiger charge is 2.26. The van der Waals surface area contributed by atoms with E-state index in [0.717, 1.165) is 11.1 Å². The molecule has 0 saturated carbocycles. The van der Waals surface area contributed by atoms with E-state index in [9.17, 15) is 19.2 Å². The van der Waals surface area contributed by atoms with Gasteiger partial charge in [-0.15, -0.1) is 0 Å². The SMILES string of the molecule is COc1cc(CC(=O)N2CCCN(C(=O)C(C)CC(=O)O)CC2)ccc1NC(=O)Nc1ccccc1C. The van der Waals surface area contributed by atoms with Crippen molar-refractivity contribution in [1.29, 1.82) is 0 Å². The van der Waals surface area contributed by atoms with Crippen LogP contribution in [0.3, 0.4) is 0 Å². The van der Waals surface area contributed by atoms with Gasteiger partial charge in [0, 0.05) is 37.8 Å². The lowest BCUT2D eigenvalue weighted by atomic mass is 10.1. The number of urea groups is 1. The Bertz CT molecular complexity index is 1150. The molecule has 2 aromatic rings. The number of anilines is 2. The third-order valence-corrected chi connectivity index (χ3v) is 6.33. The molecular formula is C27H34N4O6. The lowest BCUT2D eigenvalue weighted by molar-refractivity contribution is -0.144. The van der Waals surface area contributed by atoms with E-state index < -0.39 is 17.9 Å². The van der Waals surface area contributed by atoms with Crippen molar-refractivity contribution >= 4 is 35.2 Å². The van der Waals surface area contributed by atoms with Crippen molar-refractivity contribution in [3.8, 4) is 5.75 Å². The summed E-state index contributed by atoms with van der Waals surface area (Å²) in [6.45, 7) is 5.29. The number of carbonyl (C=O) groups excluding carboxylic acids is 3. The molecular weight excluding hydrogens is 476 g/mol. The van der Waals surface area contributed by atoms with Gasteiger partial charge in [0.15, 0.2) is 0 Å². The number of aliphatic carboxylic acids is 1. The molecule has 0 spiro atoms. The van der Waals surface area contributed by atoms with Crippen molar-refractivity contribution in [2.75, 3.05) is 43.9 Å². The number of nitrogens with zero attached hydrogens (tertiary/aromatic N) is 2. The van der Waals surface area contributed by atoms with Gasteiger partial charge in [-0.1, -0.05) is 31.2 Å². The fourth-order valence-electron chi connectivity index (χ4n) is 4.27. The van der Waals surface area contributed by atoms with Crippen molar-refractivity contribution in [1.82, 2.24) is 9.80 Å². The number of methoxy groups -OCH3 is 1. The zero-order valence-corrected chi connectivity index (χ0v) is 21.5. The lowest BCUT2D eigenvalue weighted by Crippen LogP contribution is -2.40. The third kappa shape index (κ3) is 7.70. The first-order valence-corrected chi connectivity index (χ1v) is 12.3. The van der Waals surface area contributed by atoms with Crippen LogP contribution in [0.2, 0.25) is 0 Å². The van der Waals surface area contributed by atoms with Crippen molar-refractivity contribution in [3.63, 3.8) is 0 Å². The number of para-hydroxylation sites is 1. The van der Waals surface area contributed by atoms with Crippen LogP contribution in [0.25, 0.3) is 0 Å². The van der Waals surface area contributed by atoms with Crippen LogP contribution in [0.15, 0.2) is 42.5 Å². The topological polar surface area (TPSA) is 128 Å². The lowest BCUT2D eigenvalue weighted by Gasteiger charge is -2.24. The van der Waals surface area contributed by atoms with Gasteiger partial charge in [-0.05, 0) is 42.7 Å². The number of amides is 4. The van der Waals surface area contributed by atoms with E-state index in [1.807, 2.05) is 31.2 Å². The van der Waals surface area contributed by atoms with E-state index in [-0.39, 0.29) is 24.7 Å². The quantitative estimate of drug-likeness (QED) is 0.500. The van der Waals surface area contributed by atoms with E-state index in [1.165, 1.54) is 7.11 Å². The first kappa shape index (κ1) is 27.5. The van der Waals surface area contributed by atoms with Gasteiger partial charge >= 0.3 is 12.0 Å². The van der Waals surface area contributed by atoms with Crippen molar-refractivity contribution in [2.45, 2.75) is 33.1 Å². The molecule has 2 aromatic carbocycles. The Kier molecular flexibility index (Phi) is 9.48. The highest BCUT2D eigenvalue weighted by molar-refractivity contribution is 6.01. The van der Waals surface area contributed by atoms with Crippen molar-refractivity contribution in [3.05, 3.63) is 53.6 Å². The minimum atomic E-state index is -1.00. The van der Waals surface area contributed by atoms with Crippen LogP contribution in [0, 0.1) is 12.8 Å². The summed E-state index contributed by atoms with van der Waals surface area (Å²) in [6.07, 6.45) is 0.563. The molecule has 3 rings (SSSR count). The largest absolute Gasteiger partial charge is 0.495 e. The Morgan fingerprint density at radius 2 is 1.65 bits per heavy atom. The van der Waals surface area contributed by atoms with E-state index in [2.05, 4.69) is 10.6 Å². The number of hydrogen-bond acceptors (Lipinski definition) is 5. The van der Waals surface area contributed by atoms with Gasteiger partial charge in [-0.3, -0.25) is 14.4 Å². The first-order chi connectivity index (χ1) is 17.7. The van der Waals surface area contributed by atoms with E-state index in [1.54, 1.807) is 34.9 Å². The maximum Gasteiger partial charge on any atom is 0.323 e. The standard InChI is InChI=1S/C27H34N4O6/c1-18-7-4-5-8-21(18)28-27(36)29-22-10-9-20(16-23(22)37-3)17-24(32)30-11-6-12-31(14-13-30)26(35)19(2)15-25(33)34/h4-5,7-10,16,19H,6,11-15,17H2,1-3H3,(H,33,34)(H2,28,29,36). The summed E-state index contributed by atoms with van der Waals surface area (Å²) in [7, 11) is 1.50. The Balaban J connectivity index is 1.58. The van der Waals surface area contributed by atoms with E-state index in [0.29, 0.717) is 49.7 Å². The number of ether oxygens (including phenoxy) is 1. The normalized spacial score (nSPS) is 14.4. The summed E-state index contributed by atoms with van der Waals surface area (Å²) in [5, 5.41) is 14.5. The Morgan fingerprint density at radius 1 is 0.973 bits per heavy atom. The Morgan fingerprint density at radius 3 is 2.35 bits per heavy atom. The summed E-state index contributed by atoms with van der Waals surface area (Å²) >= 11 is 0. The molecule has 0 aromatic heterocycles. The molecule has 0 aliphatic carbocycles. The summed E-state index contributed by atoms with van der Waals surface area (Å²) in [6, 6.07) is 12.2. The van der Waals surface area contributed by atoms with Crippen LogP contribution in [-0.2, 0) is 20.8 Å². The minimum Gasteiger partial charge on any atom is -0.495 e. The van der Waals surface area contributed by atoms with Crippen LogP contribution in [-0.4, -0.2) is 72.0 Å². The molecule has 0 radical (unpaired) electrons. The van der Waals surface area contributed by atoms with E-state index in [4.69, 9.17) is 9.84 Å². The van der Waals surface area contributed by atoms with Gasteiger partial charge in [0.2, 0.25) is 11.8 Å². The fourth-order valence-corrected chi connectivity index (χ4v) is 4.27. The van der Waals surface area contributed by atoms with Gasteiger partial charge in [0.25, 0.3) is 0 Å². The monoisotopic (exact) mass is 510 g/mol. The third-order valence-electron chi connectivity index (χ3n) is 6.33. The molecule has 1 saturated heterocycles. The molecule has 4 amide bonds. The van der Waals surface area contributed by atoms with E-state index >= 15 is 0 Å². The maximum atomic E-state index is 13.0. The number of carbonyl (C=O) groups is 4. The molecule has 198 valence electrons. The molecule has 1 unspecified atom stereocenters. The average Bonchev–Trinajstić information content (AvgIpc) is 3.12. The average molecular weight is 511 g/mol. The first-order valence-electron chi connectivity index (χ1n) is 12.3. The zero-order chi connectivity index (χ0) is 26.9. The van der Waals surface area contributed by atoms with Crippen molar-refractivity contribution in [2.24, 2.45) is 5.92 Å². The molecule has 37 heavy (non-hydrogen) atoms. The van der Waals surface area contributed by atoms with Gasteiger partial charge in [-0.2, -0.15) is 0 Å². The Labute approximate surface area is 216 Å². The van der Waals surface area contributed by atoms with Crippen LogP contribution in [0.5, 0.6) is 5.75 Å². The van der Waals surface area contributed by atoms with Gasteiger partial charge < -0.3 is 30.3 Å². The molecule has 1 fully saturated rings. The summed E-state index contributed by atoms with van der Waals surface area (Å²) in [5.41, 5.74) is 2.85. The maximum absolute atomic E-state index is 13.0. The fraction of sp³-hybridized carbons (Fsp3) is 0.407. The second-order valence-corrected chi connectivity index (χ2v) is 9.16.